The number of rotatable bonds is 8. The third kappa shape index (κ3) is 5.01. The average Bonchev–Trinajstić information content (AvgIpc) is 3.30. The fourth-order valence-electron chi connectivity index (χ4n) is 3.49. The minimum absolute atomic E-state index is 0.0136. The van der Waals surface area contributed by atoms with E-state index in [0.717, 1.165) is 18.4 Å². The number of hydrogen-bond acceptors (Lipinski definition) is 7. The van der Waals surface area contributed by atoms with Crippen LogP contribution in [0.25, 0.3) is 0 Å². The van der Waals surface area contributed by atoms with Crippen LogP contribution in [0.1, 0.15) is 63.4 Å². The number of carbonyl (C=O) groups is 1. The summed E-state index contributed by atoms with van der Waals surface area (Å²) in [5.74, 6) is 0.286. The summed E-state index contributed by atoms with van der Waals surface area (Å²) in [4.78, 5) is 17.4. The van der Waals surface area contributed by atoms with Crippen molar-refractivity contribution >= 4 is 13.3 Å². The molecule has 1 heterocycles. The van der Waals surface area contributed by atoms with Gasteiger partial charge in [0.05, 0.1) is 12.0 Å². The highest BCUT2D eigenvalue weighted by atomic mass is 31.2. The lowest BCUT2D eigenvalue weighted by Gasteiger charge is -2.26. The maximum Gasteiger partial charge on any atom is 0.319 e. The first kappa shape index (κ1) is 22.7. The number of ether oxygens (including phenoxy) is 1. The fraction of sp³-hybridized carbons (Fsp3) is 0.591. The Morgan fingerprint density at radius 1 is 1.27 bits per heavy atom. The largest absolute Gasteiger partial charge is 0.459 e. The van der Waals surface area contributed by atoms with E-state index in [0.29, 0.717) is 5.82 Å². The van der Waals surface area contributed by atoms with E-state index >= 15 is 0 Å². The molecule has 0 saturated heterocycles. The molecule has 0 spiro atoms. The molecule has 164 valence electrons. The summed E-state index contributed by atoms with van der Waals surface area (Å²) in [7, 11) is -3.29. The number of carbonyl (C=O) groups excluding carboxylic acids is 1. The molecule has 1 aromatic heterocycles. The highest BCUT2D eigenvalue weighted by Crippen LogP contribution is 2.53. The molecular weight excluding hydrogens is 403 g/mol. The third-order valence-corrected chi connectivity index (χ3v) is 7.55. The molecule has 2 unspecified atom stereocenters. The Balaban J connectivity index is 1.84. The molecule has 2 atom stereocenters. The van der Waals surface area contributed by atoms with E-state index in [-0.39, 0.29) is 24.3 Å². The van der Waals surface area contributed by atoms with Crippen molar-refractivity contribution in [3.8, 4) is 0 Å². The van der Waals surface area contributed by atoms with Crippen LogP contribution in [0.15, 0.2) is 28.8 Å². The summed E-state index contributed by atoms with van der Waals surface area (Å²) in [6.45, 7) is 10.8. The fourth-order valence-corrected chi connectivity index (χ4v) is 5.11. The van der Waals surface area contributed by atoms with Crippen LogP contribution in [0, 0.1) is 6.92 Å². The quantitative estimate of drug-likeness (QED) is 0.441. The molecule has 1 aromatic carbocycles. The number of benzene rings is 1. The lowest BCUT2D eigenvalue weighted by molar-refractivity contribution is -0.154. The Bertz CT molecular complexity index is 941. The van der Waals surface area contributed by atoms with Crippen LogP contribution in [0.4, 0.5) is 0 Å². The standard InChI is InChI=1S/C22H31N2O5P/c1-7-27-30(6,26)17(19(25)28-21(3,4)5)14-18-23-20(24-29-18)22(12-13-22)16-10-8-15(2)9-11-16/h8-11,17H,7,12-14H2,1-6H3. The zero-order valence-corrected chi connectivity index (χ0v) is 19.5. The number of hydrogen-bond donors (Lipinski definition) is 0. The predicted octanol–water partition coefficient (Wildman–Crippen LogP) is 4.66. The van der Waals surface area contributed by atoms with Gasteiger partial charge in [0.15, 0.2) is 5.82 Å². The zero-order valence-electron chi connectivity index (χ0n) is 18.6. The van der Waals surface area contributed by atoms with Gasteiger partial charge in [-0.3, -0.25) is 9.36 Å². The molecule has 30 heavy (non-hydrogen) atoms. The lowest BCUT2D eigenvalue weighted by atomic mass is 9.94. The molecule has 3 rings (SSSR count). The van der Waals surface area contributed by atoms with Gasteiger partial charge in [-0.2, -0.15) is 4.98 Å². The molecule has 0 aliphatic heterocycles. The lowest BCUT2D eigenvalue weighted by Crippen LogP contribution is -2.33. The van der Waals surface area contributed by atoms with Crippen LogP contribution in [0.5, 0.6) is 0 Å². The van der Waals surface area contributed by atoms with Crippen molar-refractivity contribution in [3.63, 3.8) is 0 Å². The van der Waals surface area contributed by atoms with E-state index in [1.807, 2.05) is 6.92 Å². The Hall–Kier alpha value is -1.98. The van der Waals surface area contributed by atoms with Crippen LogP contribution in [-0.2, 0) is 30.5 Å². The highest BCUT2D eigenvalue weighted by molar-refractivity contribution is 7.60. The van der Waals surface area contributed by atoms with E-state index < -0.39 is 24.6 Å². The van der Waals surface area contributed by atoms with E-state index in [2.05, 4.69) is 34.4 Å². The highest BCUT2D eigenvalue weighted by Gasteiger charge is 2.50. The van der Waals surface area contributed by atoms with Gasteiger partial charge >= 0.3 is 5.97 Å². The van der Waals surface area contributed by atoms with Crippen LogP contribution >= 0.6 is 7.37 Å². The third-order valence-electron chi connectivity index (χ3n) is 5.25. The molecule has 2 aromatic rings. The van der Waals surface area contributed by atoms with E-state index in [1.165, 1.54) is 12.2 Å². The van der Waals surface area contributed by atoms with Crippen molar-refractivity contribution in [1.82, 2.24) is 10.1 Å². The minimum Gasteiger partial charge on any atom is -0.459 e. The molecule has 7 nitrogen and oxygen atoms in total. The second-order valence-electron chi connectivity index (χ2n) is 9.04. The van der Waals surface area contributed by atoms with Gasteiger partial charge in [-0.05, 0) is 53.0 Å². The molecule has 1 aliphatic carbocycles. The first-order valence-corrected chi connectivity index (χ1v) is 12.5. The first-order chi connectivity index (χ1) is 14.0. The molecule has 0 bridgehead atoms. The smallest absolute Gasteiger partial charge is 0.319 e. The molecule has 0 radical (unpaired) electrons. The first-order valence-electron chi connectivity index (χ1n) is 10.3. The Kier molecular flexibility index (Phi) is 6.26. The zero-order chi connectivity index (χ0) is 22.2. The van der Waals surface area contributed by atoms with Crippen molar-refractivity contribution in [3.05, 3.63) is 47.1 Å². The number of esters is 1. The maximum atomic E-state index is 13.1. The van der Waals surface area contributed by atoms with Crippen LogP contribution < -0.4 is 0 Å². The molecule has 0 N–H and O–H groups in total. The topological polar surface area (TPSA) is 91.5 Å². The number of aromatic nitrogens is 2. The Morgan fingerprint density at radius 3 is 2.43 bits per heavy atom. The van der Waals surface area contributed by atoms with E-state index in [4.69, 9.17) is 13.8 Å². The van der Waals surface area contributed by atoms with E-state index in [9.17, 15) is 9.36 Å². The van der Waals surface area contributed by atoms with Crippen molar-refractivity contribution in [2.75, 3.05) is 13.3 Å². The van der Waals surface area contributed by atoms with Gasteiger partial charge in [-0.15, -0.1) is 0 Å². The normalized spacial score (nSPS) is 18.5. The van der Waals surface area contributed by atoms with Gasteiger partial charge in [0.25, 0.3) is 0 Å². The van der Waals surface area contributed by atoms with Crippen LogP contribution in [-0.4, -0.2) is 40.6 Å². The number of nitrogens with zero attached hydrogens (tertiary/aromatic N) is 2. The summed E-state index contributed by atoms with van der Waals surface area (Å²) < 4.78 is 29.5. The summed E-state index contributed by atoms with van der Waals surface area (Å²) >= 11 is 0. The number of aryl methyl sites for hydroxylation is 1. The summed E-state index contributed by atoms with van der Waals surface area (Å²) in [5.41, 5.74) is 0.398. The monoisotopic (exact) mass is 434 g/mol. The maximum absolute atomic E-state index is 13.1. The molecular formula is C22H31N2O5P. The molecule has 1 aliphatic rings. The average molecular weight is 434 g/mol. The predicted molar refractivity (Wildman–Crippen MR) is 114 cm³/mol. The summed E-state index contributed by atoms with van der Waals surface area (Å²) in [6, 6.07) is 8.34. The van der Waals surface area contributed by atoms with Crippen LogP contribution in [0.3, 0.4) is 0 Å². The molecule has 8 heteroatoms. The molecule has 1 saturated carbocycles. The van der Waals surface area contributed by atoms with Crippen molar-refractivity contribution < 1.29 is 23.1 Å². The van der Waals surface area contributed by atoms with Crippen molar-refractivity contribution in [2.45, 2.75) is 70.6 Å². The molecule has 0 amide bonds. The Morgan fingerprint density at radius 2 is 1.90 bits per heavy atom. The van der Waals surface area contributed by atoms with Crippen molar-refractivity contribution in [1.29, 1.82) is 0 Å². The second-order valence-corrected chi connectivity index (χ2v) is 11.7. The van der Waals surface area contributed by atoms with Gasteiger partial charge in [0, 0.05) is 13.1 Å². The van der Waals surface area contributed by atoms with Gasteiger partial charge in [-0.25, -0.2) is 0 Å². The summed E-state index contributed by atoms with van der Waals surface area (Å²) in [6.07, 6.45) is 1.89. The minimum atomic E-state index is -3.29. The second kappa shape index (κ2) is 8.27. The van der Waals surface area contributed by atoms with Crippen molar-refractivity contribution in [2.24, 2.45) is 0 Å². The molecule has 1 fully saturated rings. The Labute approximate surface area is 178 Å². The van der Waals surface area contributed by atoms with Gasteiger partial charge < -0.3 is 13.8 Å². The van der Waals surface area contributed by atoms with Gasteiger partial charge in [0.1, 0.15) is 11.3 Å². The SMILES string of the molecule is CCOP(C)(=O)C(Cc1nc(C2(c3ccc(C)cc3)CC2)no1)C(=O)OC(C)(C)C. The van der Waals surface area contributed by atoms with Crippen LogP contribution in [0.2, 0.25) is 0 Å². The summed E-state index contributed by atoms with van der Waals surface area (Å²) in [5, 5.41) is 4.20. The van der Waals surface area contributed by atoms with E-state index in [1.54, 1.807) is 27.7 Å². The van der Waals surface area contributed by atoms with Gasteiger partial charge in [-0.1, -0.05) is 35.0 Å². The van der Waals surface area contributed by atoms with Gasteiger partial charge in [0.2, 0.25) is 13.3 Å².